The number of aromatic nitrogens is 1. The SMILES string of the molecule is OCC1=C(O)C(O)=C(O)C2=CC=CCN21.c1ccncc1. The van der Waals surface area contributed by atoms with Gasteiger partial charge in [-0.25, -0.2) is 0 Å². The lowest BCUT2D eigenvalue weighted by Gasteiger charge is -2.33. The third kappa shape index (κ3) is 3.06. The number of rotatable bonds is 1. The smallest absolute Gasteiger partial charge is 0.204 e. The molecule has 0 amide bonds. The summed E-state index contributed by atoms with van der Waals surface area (Å²) in [5, 5.41) is 37.6. The molecule has 2 aliphatic heterocycles. The maximum Gasteiger partial charge on any atom is 0.204 e. The van der Waals surface area contributed by atoms with Crippen LogP contribution in [-0.4, -0.2) is 43.5 Å². The highest BCUT2D eigenvalue weighted by Gasteiger charge is 2.30. The second-order valence-corrected chi connectivity index (χ2v) is 4.27. The maximum absolute atomic E-state index is 9.57. The summed E-state index contributed by atoms with van der Waals surface area (Å²) in [5.74, 6) is -1.46. The van der Waals surface area contributed by atoms with Gasteiger partial charge in [-0.15, -0.1) is 0 Å². The molecule has 6 heteroatoms. The van der Waals surface area contributed by atoms with Crippen molar-refractivity contribution in [2.24, 2.45) is 0 Å². The summed E-state index contributed by atoms with van der Waals surface area (Å²) in [7, 11) is 0. The van der Waals surface area contributed by atoms with Gasteiger partial charge in [-0.05, 0) is 18.2 Å². The standard InChI is InChI=1S/C10H11NO4.C5H5N/c12-5-7-9(14)10(15)8(13)6-3-1-2-4-11(6)7;1-2-4-6-5-3-1/h1-3,12-15H,4-5H2;1-5H. The predicted octanol–water partition coefficient (Wildman–Crippen LogP) is 1.93. The number of hydrogen-bond acceptors (Lipinski definition) is 6. The normalized spacial score (nSPS) is 17.0. The molecule has 1 aromatic heterocycles. The zero-order chi connectivity index (χ0) is 15.2. The number of nitrogens with zero attached hydrogens (tertiary/aromatic N) is 2. The average molecular weight is 288 g/mol. The van der Waals surface area contributed by atoms with Gasteiger partial charge in [0.05, 0.1) is 18.0 Å². The van der Waals surface area contributed by atoms with Gasteiger partial charge in [0.1, 0.15) is 0 Å². The first kappa shape index (κ1) is 14.7. The molecular weight excluding hydrogens is 272 g/mol. The average Bonchev–Trinajstić information content (AvgIpc) is 2.56. The number of pyridine rings is 1. The molecule has 0 unspecified atom stereocenters. The molecule has 0 spiro atoms. The molecular formula is C15H16N2O4. The zero-order valence-electron chi connectivity index (χ0n) is 11.2. The van der Waals surface area contributed by atoms with Gasteiger partial charge in [-0.1, -0.05) is 18.2 Å². The lowest BCUT2D eigenvalue weighted by atomic mass is 10.1. The fourth-order valence-electron chi connectivity index (χ4n) is 1.95. The van der Waals surface area contributed by atoms with E-state index in [1.54, 1.807) is 24.5 Å². The van der Waals surface area contributed by atoms with Gasteiger partial charge in [0.25, 0.3) is 0 Å². The summed E-state index contributed by atoms with van der Waals surface area (Å²) in [4.78, 5) is 5.32. The summed E-state index contributed by atoms with van der Waals surface area (Å²) in [6.07, 6.45) is 8.63. The van der Waals surface area contributed by atoms with Crippen LogP contribution in [0.25, 0.3) is 0 Å². The fourth-order valence-corrected chi connectivity index (χ4v) is 1.95. The van der Waals surface area contributed by atoms with Crippen molar-refractivity contribution < 1.29 is 20.4 Å². The van der Waals surface area contributed by atoms with E-state index in [0.29, 0.717) is 12.2 Å². The quantitative estimate of drug-likeness (QED) is 0.630. The summed E-state index contributed by atoms with van der Waals surface area (Å²) < 4.78 is 0. The Morgan fingerprint density at radius 1 is 1.00 bits per heavy atom. The summed E-state index contributed by atoms with van der Waals surface area (Å²) in [5.41, 5.74) is 0.553. The first-order valence-corrected chi connectivity index (χ1v) is 6.32. The highest BCUT2D eigenvalue weighted by Crippen LogP contribution is 2.31. The van der Waals surface area contributed by atoms with Crippen LogP contribution in [0.1, 0.15) is 0 Å². The Morgan fingerprint density at radius 3 is 2.24 bits per heavy atom. The van der Waals surface area contributed by atoms with Crippen LogP contribution in [0, 0.1) is 0 Å². The fraction of sp³-hybridized carbons (Fsp3) is 0.133. The first-order chi connectivity index (χ1) is 10.2. The molecule has 0 radical (unpaired) electrons. The van der Waals surface area contributed by atoms with Crippen molar-refractivity contribution in [2.45, 2.75) is 0 Å². The third-order valence-electron chi connectivity index (χ3n) is 2.98. The molecule has 0 saturated carbocycles. The molecule has 6 nitrogen and oxygen atoms in total. The molecule has 0 aliphatic carbocycles. The van der Waals surface area contributed by atoms with E-state index in [4.69, 9.17) is 5.11 Å². The summed E-state index contributed by atoms with van der Waals surface area (Å²) in [6.45, 7) is 0.0253. The molecule has 0 bridgehead atoms. The van der Waals surface area contributed by atoms with E-state index in [-0.39, 0.29) is 11.5 Å². The molecule has 110 valence electrons. The van der Waals surface area contributed by atoms with Gasteiger partial charge >= 0.3 is 0 Å². The van der Waals surface area contributed by atoms with Gasteiger partial charge in [-0.3, -0.25) is 4.98 Å². The minimum Gasteiger partial charge on any atom is -0.503 e. The molecule has 1 aromatic rings. The van der Waals surface area contributed by atoms with Crippen LogP contribution in [0.2, 0.25) is 0 Å². The molecule has 2 aliphatic rings. The Kier molecular flexibility index (Phi) is 4.63. The first-order valence-electron chi connectivity index (χ1n) is 6.32. The predicted molar refractivity (Wildman–Crippen MR) is 77.2 cm³/mol. The van der Waals surface area contributed by atoms with Gasteiger partial charge in [0, 0.05) is 18.9 Å². The van der Waals surface area contributed by atoms with E-state index in [2.05, 4.69) is 4.98 Å². The number of fused-ring (bicyclic) bond motifs is 1. The molecule has 4 N–H and O–H groups in total. The third-order valence-corrected chi connectivity index (χ3v) is 2.98. The number of allylic oxidation sites excluding steroid dienone is 2. The van der Waals surface area contributed by atoms with Gasteiger partial charge in [-0.2, -0.15) is 0 Å². The van der Waals surface area contributed by atoms with Gasteiger partial charge in [0.15, 0.2) is 11.5 Å². The molecule has 0 aromatic carbocycles. The van der Waals surface area contributed by atoms with E-state index in [9.17, 15) is 15.3 Å². The Hall–Kier alpha value is -2.73. The highest BCUT2D eigenvalue weighted by molar-refractivity contribution is 5.45. The second kappa shape index (κ2) is 6.62. The number of aliphatic hydroxyl groups is 4. The maximum atomic E-state index is 9.57. The lowest BCUT2D eigenvalue weighted by Crippen LogP contribution is -2.32. The van der Waals surface area contributed by atoms with Crippen molar-refractivity contribution in [3.05, 3.63) is 77.5 Å². The monoisotopic (exact) mass is 288 g/mol. The molecule has 3 rings (SSSR count). The van der Waals surface area contributed by atoms with E-state index in [1.807, 2.05) is 24.3 Å². The summed E-state index contributed by atoms with van der Waals surface area (Å²) >= 11 is 0. The number of aliphatic hydroxyl groups excluding tert-OH is 4. The topological polar surface area (TPSA) is 97.0 Å². The zero-order valence-corrected chi connectivity index (χ0v) is 11.2. The van der Waals surface area contributed by atoms with E-state index >= 15 is 0 Å². The van der Waals surface area contributed by atoms with Crippen molar-refractivity contribution in [1.82, 2.24) is 9.88 Å². The molecule has 0 fully saturated rings. The van der Waals surface area contributed by atoms with Crippen LogP contribution in [0.15, 0.2) is 77.5 Å². The van der Waals surface area contributed by atoms with Gasteiger partial charge < -0.3 is 25.3 Å². The Balaban J connectivity index is 0.000000225. The highest BCUT2D eigenvalue weighted by atomic mass is 16.3. The van der Waals surface area contributed by atoms with Crippen LogP contribution in [0.4, 0.5) is 0 Å². The van der Waals surface area contributed by atoms with Crippen LogP contribution in [-0.2, 0) is 0 Å². The Bertz CT molecular complexity index is 591. The Labute approximate surface area is 121 Å². The molecule has 0 saturated heterocycles. The van der Waals surface area contributed by atoms with Crippen molar-refractivity contribution in [2.75, 3.05) is 13.2 Å². The molecule has 0 atom stereocenters. The van der Waals surface area contributed by atoms with E-state index < -0.39 is 18.1 Å². The van der Waals surface area contributed by atoms with Crippen LogP contribution >= 0.6 is 0 Å². The van der Waals surface area contributed by atoms with E-state index in [0.717, 1.165) is 0 Å². The van der Waals surface area contributed by atoms with Crippen molar-refractivity contribution >= 4 is 0 Å². The van der Waals surface area contributed by atoms with E-state index in [1.165, 1.54) is 4.90 Å². The Morgan fingerprint density at radius 2 is 1.71 bits per heavy atom. The summed E-state index contributed by atoms with van der Waals surface area (Å²) in [6, 6.07) is 5.72. The van der Waals surface area contributed by atoms with Crippen molar-refractivity contribution in [1.29, 1.82) is 0 Å². The number of hydrogen-bond donors (Lipinski definition) is 4. The van der Waals surface area contributed by atoms with Crippen molar-refractivity contribution in [3.63, 3.8) is 0 Å². The molecule has 21 heavy (non-hydrogen) atoms. The minimum atomic E-state index is -0.600. The lowest BCUT2D eigenvalue weighted by molar-refractivity contribution is 0.212. The molecule has 3 heterocycles. The van der Waals surface area contributed by atoms with Crippen LogP contribution < -0.4 is 0 Å². The van der Waals surface area contributed by atoms with Crippen LogP contribution in [0.3, 0.4) is 0 Å². The largest absolute Gasteiger partial charge is 0.503 e. The second-order valence-electron chi connectivity index (χ2n) is 4.27. The van der Waals surface area contributed by atoms with Gasteiger partial charge in [0.2, 0.25) is 5.76 Å². The van der Waals surface area contributed by atoms with Crippen molar-refractivity contribution in [3.8, 4) is 0 Å². The van der Waals surface area contributed by atoms with Crippen LogP contribution in [0.5, 0.6) is 0 Å². The minimum absolute atomic E-state index is 0.181.